The number of hydrogen-bond donors (Lipinski definition) is 2. The van der Waals surface area contributed by atoms with E-state index in [1.54, 1.807) is 24.3 Å². The number of aromatic nitrogens is 1. The van der Waals surface area contributed by atoms with Gasteiger partial charge in [0.15, 0.2) is 0 Å². The van der Waals surface area contributed by atoms with Gasteiger partial charge in [0.2, 0.25) is 5.91 Å². The molecule has 6 nitrogen and oxygen atoms in total. The summed E-state index contributed by atoms with van der Waals surface area (Å²) >= 11 is 6.02. The summed E-state index contributed by atoms with van der Waals surface area (Å²) in [4.78, 5) is 26.5. The summed E-state index contributed by atoms with van der Waals surface area (Å²) in [6.07, 6.45) is 2.06. The van der Waals surface area contributed by atoms with Crippen molar-refractivity contribution in [1.82, 2.24) is 10.3 Å². The smallest absolute Gasteiger partial charge is 0.270 e. The molecular weight excluding hydrogens is 378 g/mol. The quantitative estimate of drug-likeness (QED) is 0.431. The third-order valence-electron chi connectivity index (χ3n) is 4.65. The summed E-state index contributed by atoms with van der Waals surface area (Å²) in [5.41, 5.74) is 2.59. The number of carbonyl (C=O) groups excluding carboxylic acids is 1. The molecule has 7 heteroatoms. The molecule has 3 aromatic rings. The van der Waals surface area contributed by atoms with Gasteiger partial charge in [0.1, 0.15) is 0 Å². The number of H-pyrrole nitrogens is 1. The number of nitro groups is 1. The molecule has 0 aliphatic rings. The van der Waals surface area contributed by atoms with Gasteiger partial charge in [-0.25, -0.2) is 0 Å². The fourth-order valence-corrected chi connectivity index (χ4v) is 3.34. The van der Waals surface area contributed by atoms with Crippen LogP contribution in [0.4, 0.5) is 5.69 Å². The third kappa shape index (κ3) is 4.51. The van der Waals surface area contributed by atoms with Gasteiger partial charge in [0.05, 0.1) is 4.92 Å². The topological polar surface area (TPSA) is 88.0 Å². The largest absolute Gasteiger partial charge is 0.361 e. The Hall–Kier alpha value is -2.86. The number of nitro benzene ring substituents is 1. The van der Waals surface area contributed by atoms with Gasteiger partial charge in [0.25, 0.3) is 5.69 Å². The van der Waals surface area contributed by atoms with Crippen molar-refractivity contribution >= 4 is 34.1 Å². The molecule has 0 spiro atoms. The maximum absolute atomic E-state index is 12.5. The number of rotatable bonds is 7. The Labute approximate surface area is 168 Å². The van der Waals surface area contributed by atoms with Crippen molar-refractivity contribution in [2.24, 2.45) is 5.92 Å². The zero-order valence-corrected chi connectivity index (χ0v) is 16.5. The first-order chi connectivity index (χ1) is 13.3. The summed E-state index contributed by atoms with van der Waals surface area (Å²) in [7, 11) is 0. The molecule has 0 fully saturated rings. The van der Waals surface area contributed by atoms with Crippen molar-refractivity contribution < 1.29 is 9.72 Å². The monoisotopic (exact) mass is 399 g/mol. The Kier molecular flexibility index (Phi) is 5.99. The molecule has 0 aliphatic heterocycles. The van der Waals surface area contributed by atoms with Crippen LogP contribution in [0.15, 0.2) is 48.7 Å². The van der Waals surface area contributed by atoms with Crippen LogP contribution < -0.4 is 5.32 Å². The van der Waals surface area contributed by atoms with E-state index in [1.807, 2.05) is 32.2 Å². The van der Waals surface area contributed by atoms with Gasteiger partial charge in [-0.3, -0.25) is 14.9 Å². The van der Waals surface area contributed by atoms with Crippen LogP contribution in [0.2, 0.25) is 5.02 Å². The van der Waals surface area contributed by atoms with Crippen LogP contribution in [0.3, 0.4) is 0 Å². The average molecular weight is 400 g/mol. The highest BCUT2D eigenvalue weighted by molar-refractivity contribution is 6.30. The number of aromatic amines is 1. The Morgan fingerprint density at radius 3 is 2.57 bits per heavy atom. The molecule has 0 saturated heterocycles. The van der Waals surface area contributed by atoms with Gasteiger partial charge in [-0.2, -0.15) is 0 Å². The van der Waals surface area contributed by atoms with Gasteiger partial charge in [-0.1, -0.05) is 37.6 Å². The van der Waals surface area contributed by atoms with E-state index in [0.717, 1.165) is 22.0 Å². The second-order valence-electron chi connectivity index (χ2n) is 7.24. The Morgan fingerprint density at radius 1 is 1.21 bits per heavy atom. The molecule has 2 N–H and O–H groups in total. The van der Waals surface area contributed by atoms with Gasteiger partial charge in [-0.05, 0) is 35.2 Å². The number of fused-ring (bicyclic) bond motifs is 1. The molecule has 1 heterocycles. The Balaban J connectivity index is 2.02. The number of non-ortho nitro benzene ring substituents is 1. The predicted octanol–water partition coefficient (Wildman–Crippen LogP) is 5.02. The predicted molar refractivity (Wildman–Crippen MR) is 111 cm³/mol. The van der Waals surface area contributed by atoms with Crippen molar-refractivity contribution in [3.8, 4) is 0 Å². The summed E-state index contributed by atoms with van der Waals surface area (Å²) < 4.78 is 0. The lowest BCUT2D eigenvalue weighted by Gasteiger charge is -2.18. The molecule has 28 heavy (non-hydrogen) atoms. The summed E-state index contributed by atoms with van der Waals surface area (Å²) in [6, 6.07) is 12.1. The molecule has 0 unspecified atom stereocenters. The maximum atomic E-state index is 12.5. The minimum absolute atomic E-state index is 0.0208. The van der Waals surface area contributed by atoms with Crippen molar-refractivity contribution in [2.75, 3.05) is 6.54 Å². The van der Waals surface area contributed by atoms with Gasteiger partial charge < -0.3 is 10.3 Å². The number of carbonyl (C=O) groups is 1. The zero-order valence-electron chi connectivity index (χ0n) is 15.7. The molecule has 0 radical (unpaired) electrons. The minimum atomic E-state index is -0.414. The standard InChI is InChI=1S/C21H22ClN3O3/c1-13(2)11-24-21(26)10-17(14-3-5-15(22)6-4-14)19-12-23-20-8-7-16(25(27)28)9-18(19)20/h3-9,12-13,17,23H,10-11H2,1-2H3,(H,24,26)/t17-/m0/s1. The van der Waals surface area contributed by atoms with E-state index < -0.39 is 4.92 Å². The van der Waals surface area contributed by atoms with Crippen LogP contribution in [-0.2, 0) is 4.79 Å². The van der Waals surface area contributed by atoms with Crippen LogP contribution in [0.25, 0.3) is 10.9 Å². The Morgan fingerprint density at radius 2 is 1.93 bits per heavy atom. The summed E-state index contributed by atoms with van der Waals surface area (Å²) in [6.45, 7) is 4.68. The molecule has 1 aromatic heterocycles. The van der Waals surface area contributed by atoms with Crippen LogP contribution in [0.1, 0.15) is 37.3 Å². The second-order valence-corrected chi connectivity index (χ2v) is 7.67. The lowest BCUT2D eigenvalue weighted by Crippen LogP contribution is -2.28. The maximum Gasteiger partial charge on any atom is 0.270 e. The average Bonchev–Trinajstić information content (AvgIpc) is 3.08. The van der Waals surface area contributed by atoms with Crippen molar-refractivity contribution in [2.45, 2.75) is 26.2 Å². The van der Waals surface area contributed by atoms with Crippen molar-refractivity contribution in [1.29, 1.82) is 0 Å². The number of benzene rings is 2. The molecule has 3 rings (SSSR count). The normalized spacial score (nSPS) is 12.3. The first kappa shape index (κ1) is 19.9. The highest BCUT2D eigenvalue weighted by Gasteiger charge is 2.22. The van der Waals surface area contributed by atoms with Gasteiger partial charge in [-0.15, -0.1) is 0 Å². The number of halogens is 1. The summed E-state index contributed by atoms with van der Waals surface area (Å²) in [5.74, 6) is 0.0438. The fraction of sp³-hybridized carbons (Fsp3) is 0.286. The fourth-order valence-electron chi connectivity index (χ4n) is 3.21. The summed E-state index contributed by atoms with van der Waals surface area (Å²) in [5, 5.41) is 15.5. The zero-order chi connectivity index (χ0) is 20.3. The lowest BCUT2D eigenvalue weighted by atomic mass is 9.88. The van der Waals surface area contributed by atoms with Crippen LogP contribution >= 0.6 is 11.6 Å². The number of nitrogens with one attached hydrogen (secondary N) is 2. The van der Waals surface area contributed by atoms with Crippen LogP contribution in [0, 0.1) is 16.0 Å². The Bertz CT molecular complexity index is 996. The molecule has 0 saturated carbocycles. The number of hydrogen-bond acceptors (Lipinski definition) is 3. The van der Waals surface area contributed by atoms with E-state index in [4.69, 9.17) is 11.6 Å². The second kappa shape index (κ2) is 8.44. The highest BCUT2D eigenvalue weighted by Crippen LogP contribution is 2.35. The van der Waals surface area contributed by atoms with Crippen molar-refractivity contribution in [3.63, 3.8) is 0 Å². The highest BCUT2D eigenvalue weighted by atomic mass is 35.5. The van der Waals surface area contributed by atoms with E-state index >= 15 is 0 Å². The minimum Gasteiger partial charge on any atom is -0.361 e. The molecule has 1 amide bonds. The van der Waals surface area contributed by atoms with E-state index in [2.05, 4.69) is 10.3 Å². The van der Waals surface area contributed by atoms with Crippen LogP contribution in [0.5, 0.6) is 0 Å². The molecule has 1 atom stereocenters. The molecule has 0 aliphatic carbocycles. The first-order valence-corrected chi connectivity index (χ1v) is 9.50. The van der Waals surface area contributed by atoms with E-state index in [9.17, 15) is 14.9 Å². The molecule has 146 valence electrons. The lowest BCUT2D eigenvalue weighted by molar-refractivity contribution is -0.384. The number of amides is 1. The SMILES string of the molecule is CC(C)CNC(=O)C[C@@H](c1ccc(Cl)cc1)c1c[nH]c2ccc([N+](=O)[O-])cc12. The van der Waals surface area contributed by atoms with Gasteiger partial charge >= 0.3 is 0 Å². The molecule has 0 bridgehead atoms. The van der Waals surface area contributed by atoms with Crippen molar-refractivity contribution in [3.05, 3.63) is 74.9 Å². The molecule has 2 aromatic carbocycles. The van der Waals surface area contributed by atoms with E-state index in [-0.39, 0.29) is 23.9 Å². The van der Waals surface area contributed by atoms with E-state index in [1.165, 1.54) is 6.07 Å². The molecular formula is C21H22ClN3O3. The third-order valence-corrected chi connectivity index (χ3v) is 4.90. The first-order valence-electron chi connectivity index (χ1n) is 9.12. The van der Waals surface area contributed by atoms with Crippen LogP contribution in [-0.4, -0.2) is 22.4 Å². The van der Waals surface area contributed by atoms with E-state index in [0.29, 0.717) is 17.5 Å². The van der Waals surface area contributed by atoms with Gasteiger partial charge in [0, 0.05) is 53.1 Å². The number of nitrogens with zero attached hydrogens (tertiary/aromatic N) is 1.